The van der Waals surface area contributed by atoms with Crippen molar-refractivity contribution in [2.24, 2.45) is 0 Å². The third-order valence-corrected chi connectivity index (χ3v) is 4.14. The summed E-state index contributed by atoms with van der Waals surface area (Å²) in [6.07, 6.45) is 3.72. The maximum Gasteiger partial charge on any atom is 0.226 e. The third-order valence-electron chi connectivity index (χ3n) is 4.14. The van der Waals surface area contributed by atoms with Crippen molar-refractivity contribution in [2.75, 3.05) is 25.1 Å². The van der Waals surface area contributed by atoms with Crippen molar-refractivity contribution in [2.45, 2.75) is 59.8 Å². The van der Waals surface area contributed by atoms with Crippen molar-refractivity contribution in [3.63, 3.8) is 0 Å². The number of aromatic nitrogens is 3. The lowest BCUT2D eigenvalue weighted by atomic mass is 10.1. The lowest BCUT2D eigenvalue weighted by Gasteiger charge is -2.29. The molecular weight excluding hydrogens is 300 g/mol. The van der Waals surface area contributed by atoms with Gasteiger partial charge in [0.05, 0.1) is 12.6 Å². The molecule has 0 bridgehead atoms. The summed E-state index contributed by atoms with van der Waals surface area (Å²) < 4.78 is 5.52. The van der Waals surface area contributed by atoms with Crippen LogP contribution in [-0.4, -0.2) is 35.2 Å². The molecule has 3 heterocycles. The summed E-state index contributed by atoms with van der Waals surface area (Å²) >= 11 is 0. The molecule has 0 saturated carbocycles. The summed E-state index contributed by atoms with van der Waals surface area (Å²) in [7, 11) is 1.66. The molecule has 0 spiro atoms. The zero-order valence-corrected chi connectivity index (χ0v) is 15.9. The zero-order chi connectivity index (χ0) is 17.7. The molecule has 1 saturated heterocycles. The Bertz CT molecular complexity index is 679. The van der Waals surface area contributed by atoms with Crippen molar-refractivity contribution in [1.82, 2.24) is 15.0 Å². The van der Waals surface area contributed by atoms with E-state index in [0.717, 1.165) is 41.3 Å². The monoisotopic (exact) mass is 330 g/mol. The van der Waals surface area contributed by atoms with Gasteiger partial charge in [-0.25, -0.2) is 15.0 Å². The van der Waals surface area contributed by atoms with Crippen LogP contribution in [0.5, 0.6) is 5.88 Å². The van der Waals surface area contributed by atoms with Crippen LogP contribution in [0.4, 0.5) is 5.82 Å². The summed E-state index contributed by atoms with van der Waals surface area (Å²) in [4.78, 5) is 16.5. The first-order chi connectivity index (χ1) is 11.6. The van der Waals surface area contributed by atoms with E-state index in [9.17, 15) is 0 Å². The minimum Gasteiger partial charge on any atom is -0.480 e. The van der Waals surface area contributed by atoms with Gasteiger partial charge in [0.15, 0.2) is 0 Å². The van der Waals surface area contributed by atoms with Gasteiger partial charge in [0.2, 0.25) is 5.88 Å². The molecule has 132 valence electrons. The quantitative estimate of drug-likeness (QED) is 0.830. The molecule has 0 amide bonds. The van der Waals surface area contributed by atoms with Gasteiger partial charge in [-0.15, -0.1) is 0 Å². The lowest BCUT2D eigenvalue weighted by Crippen LogP contribution is -2.31. The van der Waals surface area contributed by atoms with E-state index in [0.29, 0.717) is 11.8 Å². The summed E-state index contributed by atoms with van der Waals surface area (Å²) in [5.74, 6) is 2.80. The molecule has 0 atom stereocenters. The van der Waals surface area contributed by atoms with Crippen LogP contribution >= 0.6 is 0 Å². The van der Waals surface area contributed by atoms with Gasteiger partial charge in [-0.1, -0.05) is 27.7 Å². The van der Waals surface area contributed by atoms with E-state index >= 15 is 0 Å². The molecule has 0 aliphatic carbocycles. The predicted octanol–water partition coefficient (Wildman–Crippen LogP) is 4.48. The number of piperidine rings is 1. The molecule has 1 fully saturated rings. The lowest BCUT2D eigenvalue weighted by molar-refractivity contribution is 0.402. The van der Waals surface area contributed by atoms with Gasteiger partial charge < -0.3 is 9.64 Å². The minimum atomic E-state index is 0.299. The number of hydrogen-bond donors (Lipinski definition) is 0. The highest BCUT2D eigenvalue weighted by molar-refractivity contribution is 5.94. The maximum absolute atomic E-state index is 5.52. The van der Waals surface area contributed by atoms with Gasteiger partial charge in [0, 0.05) is 24.7 Å². The normalized spacial score (nSPS) is 14.5. The second-order valence-electron chi connectivity index (χ2n) is 6.27. The van der Waals surface area contributed by atoms with Gasteiger partial charge in [-0.05, 0) is 32.3 Å². The number of anilines is 1. The van der Waals surface area contributed by atoms with Crippen LogP contribution in [0.25, 0.3) is 10.9 Å². The van der Waals surface area contributed by atoms with E-state index in [4.69, 9.17) is 14.7 Å². The molecule has 2 aromatic heterocycles. The number of pyridine rings is 1. The number of nitrogens with zero attached hydrogens (tertiary/aromatic N) is 4. The summed E-state index contributed by atoms with van der Waals surface area (Å²) in [6.45, 7) is 12.3. The zero-order valence-electron chi connectivity index (χ0n) is 15.9. The largest absolute Gasteiger partial charge is 0.480 e. The van der Waals surface area contributed by atoms with Crippen LogP contribution < -0.4 is 9.64 Å². The van der Waals surface area contributed by atoms with Crippen LogP contribution in [0.1, 0.15) is 64.4 Å². The van der Waals surface area contributed by atoms with Crippen molar-refractivity contribution >= 4 is 16.7 Å². The van der Waals surface area contributed by atoms with E-state index in [1.54, 1.807) is 7.11 Å². The van der Waals surface area contributed by atoms with Crippen molar-refractivity contribution in [3.05, 3.63) is 17.6 Å². The fourth-order valence-electron chi connectivity index (χ4n) is 2.98. The topological polar surface area (TPSA) is 51.1 Å². The van der Waals surface area contributed by atoms with Crippen LogP contribution in [-0.2, 0) is 0 Å². The molecule has 3 rings (SSSR count). The van der Waals surface area contributed by atoms with Gasteiger partial charge >= 0.3 is 0 Å². The Labute approximate surface area is 145 Å². The third kappa shape index (κ3) is 3.77. The number of fused-ring (bicyclic) bond motifs is 1. The maximum atomic E-state index is 5.52. The second-order valence-corrected chi connectivity index (χ2v) is 6.27. The average Bonchev–Trinajstić information content (AvgIpc) is 2.62. The molecule has 2 aromatic rings. The standard InChI is InChI=1S/C17H24N4O.C2H6/c1-11(2)15-19-13-10-12(3)18-17(22-4)14(13)16(20-15)21-8-6-5-7-9-21;1-2/h10-11H,5-9H2,1-4H3;1-2H3. The van der Waals surface area contributed by atoms with Crippen LogP contribution in [0.2, 0.25) is 0 Å². The van der Waals surface area contributed by atoms with Crippen molar-refractivity contribution < 1.29 is 4.74 Å². The first kappa shape index (κ1) is 18.4. The SMILES string of the molecule is CC.COc1nc(C)cc2nc(C(C)C)nc(N3CCCCC3)c12. The summed E-state index contributed by atoms with van der Waals surface area (Å²) in [6, 6.07) is 2.03. The molecule has 1 aliphatic heterocycles. The first-order valence-corrected chi connectivity index (χ1v) is 9.08. The van der Waals surface area contributed by atoms with Crippen LogP contribution in [0, 0.1) is 6.92 Å². The number of methoxy groups -OCH3 is 1. The van der Waals surface area contributed by atoms with Gasteiger partial charge in [0.1, 0.15) is 17.0 Å². The summed E-state index contributed by atoms with van der Waals surface area (Å²) in [5.41, 5.74) is 1.85. The first-order valence-electron chi connectivity index (χ1n) is 9.08. The molecule has 5 heteroatoms. The molecule has 0 N–H and O–H groups in total. The Balaban J connectivity index is 0.00000100. The molecule has 0 unspecified atom stereocenters. The molecule has 0 aromatic carbocycles. The molecule has 1 aliphatic rings. The number of ether oxygens (including phenoxy) is 1. The van der Waals surface area contributed by atoms with E-state index in [1.165, 1.54) is 19.3 Å². The van der Waals surface area contributed by atoms with Crippen LogP contribution in [0.15, 0.2) is 6.07 Å². The molecule has 24 heavy (non-hydrogen) atoms. The van der Waals surface area contributed by atoms with Gasteiger partial charge in [-0.3, -0.25) is 0 Å². The van der Waals surface area contributed by atoms with E-state index < -0.39 is 0 Å². The number of rotatable bonds is 3. The average molecular weight is 330 g/mol. The summed E-state index contributed by atoms with van der Waals surface area (Å²) in [5, 5.41) is 0.944. The number of aryl methyl sites for hydroxylation is 1. The van der Waals surface area contributed by atoms with Gasteiger partial charge in [-0.2, -0.15) is 0 Å². The molecule has 5 nitrogen and oxygen atoms in total. The number of hydrogen-bond acceptors (Lipinski definition) is 5. The van der Waals surface area contributed by atoms with E-state index in [-0.39, 0.29) is 0 Å². The Morgan fingerprint density at radius 2 is 1.71 bits per heavy atom. The highest BCUT2D eigenvalue weighted by Gasteiger charge is 2.21. The Morgan fingerprint density at radius 3 is 2.29 bits per heavy atom. The highest BCUT2D eigenvalue weighted by atomic mass is 16.5. The van der Waals surface area contributed by atoms with E-state index in [1.807, 2.05) is 26.8 Å². The fraction of sp³-hybridized carbons (Fsp3) is 0.632. The molecular formula is C19H30N4O. The van der Waals surface area contributed by atoms with E-state index in [2.05, 4.69) is 23.7 Å². The Morgan fingerprint density at radius 1 is 1.04 bits per heavy atom. The fourth-order valence-corrected chi connectivity index (χ4v) is 2.98. The van der Waals surface area contributed by atoms with Crippen molar-refractivity contribution in [1.29, 1.82) is 0 Å². The second kappa shape index (κ2) is 8.27. The minimum absolute atomic E-state index is 0.299. The van der Waals surface area contributed by atoms with Crippen LogP contribution in [0.3, 0.4) is 0 Å². The molecule has 0 radical (unpaired) electrons. The predicted molar refractivity (Wildman–Crippen MR) is 100 cm³/mol. The Hall–Kier alpha value is -1.91. The van der Waals surface area contributed by atoms with Gasteiger partial charge in [0.25, 0.3) is 0 Å². The van der Waals surface area contributed by atoms with Crippen molar-refractivity contribution in [3.8, 4) is 5.88 Å². The highest BCUT2D eigenvalue weighted by Crippen LogP contribution is 2.34. The Kier molecular flexibility index (Phi) is 6.35. The smallest absolute Gasteiger partial charge is 0.226 e.